The van der Waals surface area contributed by atoms with Crippen LogP contribution >= 0.6 is 11.3 Å². The Morgan fingerprint density at radius 3 is 2.88 bits per heavy atom. The van der Waals surface area contributed by atoms with Gasteiger partial charge in [-0.1, -0.05) is 24.3 Å². The van der Waals surface area contributed by atoms with Gasteiger partial charge in [-0.05, 0) is 72.6 Å². The summed E-state index contributed by atoms with van der Waals surface area (Å²) >= 11 is 1.47. The van der Waals surface area contributed by atoms with Gasteiger partial charge >= 0.3 is 0 Å². The van der Waals surface area contributed by atoms with Gasteiger partial charge in [0.1, 0.15) is 0 Å². The van der Waals surface area contributed by atoms with Crippen molar-refractivity contribution in [1.29, 1.82) is 0 Å². The maximum atomic E-state index is 12.9. The van der Waals surface area contributed by atoms with Crippen molar-refractivity contribution >= 4 is 28.1 Å². The van der Waals surface area contributed by atoms with E-state index in [1.165, 1.54) is 22.3 Å². The quantitative estimate of drug-likeness (QED) is 0.453. The van der Waals surface area contributed by atoms with Gasteiger partial charge in [-0.15, -0.1) is 11.3 Å². The van der Waals surface area contributed by atoms with Gasteiger partial charge < -0.3 is 5.32 Å². The molecule has 1 aliphatic heterocycles. The second kappa shape index (κ2) is 9.59. The van der Waals surface area contributed by atoms with Crippen molar-refractivity contribution in [2.45, 2.75) is 25.4 Å². The van der Waals surface area contributed by atoms with Crippen LogP contribution in [0.5, 0.6) is 0 Å². The Bertz CT molecular complexity index is 1180. The summed E-state index contributed by atoms with van der Waals surface area (Å²) in [5.41, 5.74) is 3.25. The summed E-state index contributed by atoms with van der Waals surface area (Å²) in [6.45, 7) is 2.89. The molecule has 6 heteroatoms. The van der Waals surface area contributed by atoms with Gasteiger partial charge in [0, 0.05) is 30.9 Å². The summed E-state index contributed by atoms with van der Waals surface area (Å²) in [5.74, 6) is 0.291. The van der Waals surface area contributed by atoms with Crippen LogP contribution in [0.3, 0.4) is 0 Å². The van der Waals surface area contributed by atoms with E-state index in [1.807, 2.05) is 54.2 Å². The standard InChI is InChI=1S/C26H26N4OS/c31-26(24-9-5-15-32-24)29-25(23-8-1-2-12-28-23)21-7-4-14-30(18-21)17-19-10-11-22-20(16-19)6-3-13-27-22/h1-3,5-6,8-13,15-16,21,25H,4,7,14,17-18H2,(H,29,31)/t21-,25+/m0/s1. The first-order chi connectivity index (χ1) is 15.8. The highest BCUT2D eigenvalue weighted by Crippen LogP contribution is 2.30. The van der Waals surface area contributed by atoms with Crippen LogP contribution in [0, 0.1) is 5.92 Å². The predicted octanol–water partition coefficient (Wildman–Crippen LogP) is 5.07. The van der Waals surface area contributed by atoms with Crippen LogP contribution in [0.1, 0.15) is 39.8 Å². The molecule has 1 fully saturated rings. The zero-order valence-electron chi connectivity index (χ0n) is 17.9. The summed E-state index contributed by atoms with van der Waals surface area (Å²) in [5, 5.41) is 6.40. The van der Waals surface area contributed by atoms with Gasteiger partial charge in [0.05, 0.1) is 22.1 Å². The molecule has 5 rings (SSSR count). The van der Waals surface area contributed by atoms with Crippen LogP contribution in [-0.2, 0) is 6.54 Å². The van der Waals surface area contributed by atoms with Gasteiger partial charge in [-0.2, -0.15) is 0 Å². The Labute approximate surface area is 192 Å². The molecule has 2 atom stereocenters. The highest BCUT2D eigenvalue weighted by molar-refractivity contribution is 7.12. The lowest BCUT2D eigenvalue weighted by Gasteiger charge is -2.37. The first kappa shape index (κ1) is 20.8. The van der Waals surface area contributed by atoms with E-state index in [-0.39, 0.29) is 11.9 Å². The molecule has 1 aromatic carbocycles. The third kappa shape index (κ3) is 4.71. The molecule has 0 saturated carbocycles. The lowest BCUT2D eigenvalue weighted by atomic mass is 9.88. The molecule has 1 N–H and O–H groups in total. The first-order valence-electron chi connectivity index (χ1n) is 11.1. The minimum Gasteiger partial charge on any atom is -0.343 e. The van der Waals surface area contributed by atoms with Crippen molar-refractivity contribution in [1.82, 2.24) is 20.2 Å². The molecular formula is C26H26N4OS. The van der Waals surface area contributed by atoms with E-state index in [0.29, 0.717) is 5.92 Å². The lowest BCUT2D eigenvalue weighted by Crippen LogP contribution is -2.42. The molecule has 0 spiro atoms. The number of hydrogen-bond donors (Lipinski definition) is 1. The van der Waals surface area contributed by atoms with Crippen LogP contribution in [0.4, 0.5) is 0 Å². The van der Waals surface area contributed by atoms with Crippen molar-refractivity contribution in [2.75, 3.05) is 13.1 Å². The highest BCUT2D eigenvalue weighted by Gasteiger charge is 2.31. The Hall–Kier alpha value is -3.09. The molecule has 162 valence electrons. The minimum absolute atomic E-state index is 0.0187. The normalized spacial score (nSPS) is 17.8. The third-order valence-electron chi connectivity index (χ3n) is 6.12. The fourth-order valence-electron chi connectivity index (χ4n) is 4.60. The minimum atomic E-state index is -0.102. The number of aromatic nitrogens is 2. The molecule has 0 aliphatic carbocycles. The smallest absolute Gasteiger partial charge is 0.261 e. The van der Waals surface area contributed by atoms with Crippen LogP contribution in [-0.4, -0.2) is 33.9 Å². The number of piperidine rings is 1. The molecule has 0 bridgehead atoms. The Balaban J connectivity index is 1.34. The van der Waals surface area contributed by atoms with Gasteiger partial charge in [0.2, 0.25) is 0 Å². The van der Waals surface area contributed by atoms with E-state index in [0.717, 1.165) is 48.6 Å². The summed E-state index contributed by atoms with van der Waals surface area (Å²) in [7, 11) is 0. The van der Waals surface area contributed by atoms with Gasteiger partial charge in [0.25, 0.3) is 5.91 Å². The molecule has 1 amide bonds. The summed E-state index contributed by atoms with van der Waals surface area (Å²) in [4.78, 5) is 25.1. The maximum Gasteiger partial charge on any atom is 0.261 e. The molecule has 1 aliphatic rings. The van der Waals surface area contributed by atoms with Crippen molar-refractivity contribution in [3.63, 3.8) is 0 Å². The SMILES string of the molecule is O=C(N[C@@H](c1ccccn1)[C@H]1CCCN(Cc2ccc3ncccc3c2)C1)c1cccs1. The van der Waals surface area contributed by atoms with Gasteiger partial charge in [-0.3, -0.25) is 19.7 Å². The van der Waals surface area contributed by atoms with Crippen molar-refractivity contribution in [3.8, 4) is 0 Å². The molecule has 3 aromatic heterocycles. The average Bonchev–Trinajstić information content (AvgIpc) is 3.38. The topological polar surface area (TPSA) is 58.1 Å². The van der Waals surface area contributed by atoms with E-state index in [1.54, 1.807) is 0 Å². The molecule has 5 nitrogen and oxygen atoms in total. The number of fused-ring (bicyclic) bond motifs is 1. The fraction of sp³-hybridized carbons (Fsp3) is 0.269. The largest absolute Gasteiger partial charge is 0.343 e. The maximum absolute atomic E-state index is 12.9. The summed E-state index contributed by atoms with van der Waals surface area (Å²) in [6, 6.07) is 20.2. The molecule has 4 aromatic rings. The number of hydrogen-bond acceptors (Lipinski definition) is 5. The second-order valence-electron chi connectivity index (χ2n) is 8.35. The predicted molar refractivity (Wildman–Crippen MR) is 129 cm³/mol. The van der Waals surface area contributed by atoms with Crippen molar-refractivity contribution in [3.05, 3.63) is 94.6 Å². The van der Waals surface area contributed by atoms with Gasteiger partial charge in [0.15, 0.2) is 0 Å². The van der Waals surface area contributed by atoms with Crippen molar-refractivity contribution in [2.24, 2.45) is 5.92 Å². The monoisotopic (exact) mass is 442 g/mol. The highest BCUT2D eigenvalue weighted by atomic mass is 32.1. The van der Waals surface area contributed by atoms with E-state index in [4.69, 9.17) is 0 Å². The Kier molecular flexibility index (Phi) is 6.23. The van der Waals surface area contributed by atoms with E-state index >= 15 is 0 Å². The second-order valence-corrected chi connectivity index (χ2v) is 9.30. The van der Waals surface area contributed by atoms with Crippen molar-refractivity contribution < 1.29 is 4.79 Å². The van der Waals surface area contributed by atoms with Crippen LogP contribution in [0.15, 0.2) is 78.4 Å². The molecule has 1 saturated heterocycles. The number of likely N-dealkylation sites (tertiary alicyclic amines) is 1. The molecule has 0 radical (unpaired) electrons. The molecule has 4 heterocycles. The van der Waals surface area contributed by atoms with E-state index in [2.05, 4.69) is 44.5 Å². The number of nitrogens with zero attached hydrogens (tertiary/aromatic N) is 3. The zero-order chi connectivity index (χ0) is 21.8. The number of carbonyl (C=O) groups excluding carboxylic acids is 1. The lowest BCUT2D eigenvalue weighted by molar-refractivity contribution is 0.0879. The molecular weight excluding hydrogens is 416 g/mol. The van der Waals surface area contributed by atoms with Crippen LogP contribution < -0.4 is 5.32 Å². The van der Waals surface area contributed by atoms with Crippen LogP contribution in [0.2, 0.25) is 0 Å². The number of carbonyl (C=O) groups is 1. The van der Waals surface area contributed by atoms with E-state index < -0.39 is 0 Å². The number of nitrogens with one attached hydrogen (secondary N) is 1. The van der Waals surface area contributed by atoms with Gasteiger partial charge in [-0.25, -0.2) is 0 Å². The fourth-order valence-corrected chi connectivity index (χ4v) is 5.23. The zero-order valence-corrected chi connectivity index (χ0v) is 18.7. The Morgan fingerprint density at radius 2 is 2.03 bits per heavy atom. The first-order valence-corrected chi connectivity index (χ1v) is 12.0. The Morgan fingerprint density at radius 1 is 1.09 bits per heavy atom. The molecule has 32 heavy (non-hydrogen) atoms. The summed E-state index contributed by atoms with van der Waals surface area (Å²) in [6.07, 6.45) is 5.82. The average molecular weight is 443 g/mol. The molecule has 0 unspecified atom stereocenters. The number of benzene rings is 1. The third-order valence-corrected chi connectivity index (χ3v) is 6.99. The van der Waals surface area contributed by atoms with Crippen LogP contribution in [0.25, 0.3) is 10.9 Å². The number of thiophene rings is 1. The number of pyridine rings is 2. The number of amides is 1. The summed E-state index contributed by atoms with van der Waals surface area (Å²) < 4.78 is 0. The number of rotatable bonds is 6. The van der Waals surface area contributed by atoms with E-state index in [9.17, 15) is 4.79 Å².